The van der Waals surface area contributed by atoms with Crippen LogP contribution >= 0.6 is 0 Å². The Bertz CT molecular complexity index is 287. The van der Waals surface area contributed by atoms with Crippen molar-refractivity contribution < 1.29 is 9.90 Å². The highest BCUT2D eigenvalue weighted by Crippen LogP contribution is 2.23. The lowest BCUT2D eigenvalue weighted by atomic mass is 10.2. The summed E-state index contributed by atoms with van der Waals surface area (Å²) in [6, 6.07) is 4.88. The highest BCUT2D eigenvalue weighted by Gasteiger charge is 1.98. The van der Waals surface area contributed by atoms with Crippen LogP contribution in [0.25, 0.3) is 0 Å². The van der Waals surface area contributed by atoms with Gasteiger partial charge in [-0.15, -0.1) is 0 Å². The third-order valence-corrected chi connectivity index (χ3v) is 1.54. The van der Waals surface area contributed by atoms with Crippen LogP contribution in [0.3, 0.4) is 0 Å². The van der Waals surface area contributed by atoms with Crippen LogP contribution in [0.15, 0.2) is 18.2 Å². The van der Waals surface area contributed by atoms with Gasteiger partial charge in [0.05, 0.1) is 0 Å². The van der Waals surface area contributed by atoms with E-state index < -0.39 is 0 Å². The molecule has 12 heavy (non-hydrogen) atoms. The molecule has 1 amide bonds. The minimum Gasteiger partial charge on any atom is -0.871 e. The first-order valence-corrected chi connectivity index (χ1v) is 3.65. The number of hydrogen-bond acceptors (Lipinski definition) is 2. The zero-order chi connectivity index (χ0) is 9.14. The second-order valence-electron chi connectivity index (χ2n) is 2.63. The maximum absolute atomic E-state index is 11.2. The first-order chi connectivity index (χ1) is 5.61. The van der Waals surface area contributed by atoms with Crippen LogP contribution in [0.1, 0.15) is 12.5 Å². The van der Waals surface area contributed by atoms with Crippen LogP contribution in [-0.2, 0) is 4.79 Å². The molecule has 1 N–H and O–H groups in total. The largest absolute Gasteiger partial charge is 0.871 e. The van der Waals surface area contributed by atoms with Gasteiger partial charge in [0, 0.05) is 12.6 Å². The van der Waals surface area contributed by atoms with E-state index in [-0.39, 0.29) is 11.7 Å². The average molecular weight is 164 g/mol. The maximum Gasteiger partial charge on any atom is 0.221 e. The Balaban J connectivity index is 3.04. The Hall–Kier alpha value is -1.51. The van der Waals surface area contributed by atoms with Crippen molar-refractivity contribution in [2.75, 3.05) is 5.32 Å². The number of anilines is 1. The minimum atomic E-state index is -0.221. The lowest BCUT2D eigenvalue weighted by Crippen LogP contribution is -2.09. The van der Waals surface area contributed by atoms with E-state index in [9.17, 15) is 9.90 Å². The van der Waals surface area contributed by atoms with Gasteiger partial charge in [0.15, 0.2) is 0 Å². The van der Waals surface area contributed by atoms with E-state index in [0.717, 1.165) is 5.56 Å². The zero-order valence-electron chi connectivity index (χ0n) is 7.05. The highest BCUT2D eigenvalue weighted by atomic mass is 16.3. The maximum atomic E-state index is 11.2. The molecule has 0 unspecified atom stereocenters. The van der Waals surface area contributed by atoms with E-state index in [4.69, 9.17) is 0 Å². The molecule has 0 saturated carbocycles. The number of nitrogens with one attached hydrogen (secondary N) is 1. The highest BCUT2D eigenvalue weighted by molar-refractivity contribution is 5.91. The Morgan fingerprint density at radius 2 is 2.17 bits per heavy atom. The van der Waals surface area contributed by atoms with E-state index in [2.05, 4.69) is 5.32 Å². The van der Waals surface area contributed by atoms with Crippen molar-refractivity contribution in [2.45, 2.75) is 13.8 Å². The number of carbonyl (C=O) groups excluding carboxylic acids is 1. The number of hydrogen-bond donors (Lipinski definition) is 1. The molecule has 1 aromatic carbocycles. The van der Waals surface area contributed by atoms with E-state index in [1.165, 1.54) is 13.0 Å². The molecule has 0 radical (unpaired) electrons. The summed E-state index contributed by atoms with van der Waals surface area (Å²) < 4.78 is 0. The van der Waals surface area contributed by atoms with E-state index in [0.29, 0.717) is 5.69 Å². The summed E-state index contributed by atoms with van der Waals surface area (Å²) in [5.74, 6) is -0.369. The Morgan fingerprint density at radius 3 is 2.67 bits per heavy atom. The van der Waals surface area contributed by atoms with Crippen molar-refractivity contribution in [1.29, 1.82) is 0 Å². The lowest BCUT2D eigenvalue weighted by molar-refractivity contribution is -0.267. The lowest BCUT2D eigenvalue weighted by Gasteiger charge is -2.15. The molecular formula is C9H10NO2-. The van der Waals surface area contributed by atoms with Gasteiger partial charge < -0.3 is 10.4 Å². The SMILES string of the molecule is CC(=O)Nc1c(C)cccc1[O-]. The Labute approximate surface area is 71.0 Å². The fourth-order valence-electron chi connectivity index (χ4n) is 0.977. The van der Waals surface area contributed by atoms with Crippen molar-refractivity contribution >= 4 is 11.6 Å². The third-order valence-electron chi connectivity index (χ3n) is 1.54. The minimum absolute atomic E-state index is 0.148. The molecule has 64 valence electrons. The quantitative estimate of drug-likeness (QED) is 0.673. The predicted octanol–water partition coefficient (Wildman–Crippen LogP) is 1.03. The summed E-state index contributed by atoms with van der Waals surface area (Å²) in [4.78, 5) is 10.7. The predicted molar refractivity (Wildman–Crippen MR) is 44.9 cm³/mol. The van der Waals surface area contributed by atoms with Gasteiger partial charge in [-0.2, -0.15) is 0 Å². The average Bonchev–Trinajstić information content (AvgIpc) is 1.97. The van der Waals surface area contributed by atoms with Gasteiger partial charge in [0.2, 0.25) is 5.91 Å². The first kappa shape index (κ1) is 8.59. The third kappa shape index (κ3) is 1.75. The summed E-state index contributed by atoms with van der Waals surface area (Å²) in [6.07, 6.45) is 0. The molecule has 3 heteroatoms. The summed E-state index contributed by atoms with van der Waals surface area (Å²) in [5, 5.41) is 13.7. The van der Waals surface area contributed by atoms with Gasteiger partial charge >= 0.3 is 0 Å². The summed E-state index contributed by atoms with van der Waals surface area (Å²) in [7, 11) is 0. The summed E-state index contributed by atoms with van der Waals surface area (Å²) in [6.45, 7) is 3.17. The molecule has 0 fully saturated rings. The molecule has 0 spiro atoms. The molecule has 1 aromatic rings. The van der Waals surface area contributed by atoms with Crippen molar-refractivity contribution in [3.63, 3.8) is 0 Å². The summed E-state index contributed by atoms with van der Waals surface area (Å²) in [5.41, 5.74) is 1.17. The van der Waals surface area contributed by atoms with Crippen molar-refractivity contribution in [3.8, 4) is 5.75 Å². The van der Waals surface area contributed by atoms with Crippen LogP contribution in [0.2, 0.25) is 0 Å². The van der Waals surface area contributed by atoms with Gasteiger partial charge in [-0.3, -0.25) is 4.79 Å². The molecule has 0 bridgehead atoms. The molecular weight excluding hydrogens is 154 g/mol. The number of amides is 1. The number of rotatable bonds is 1. The molecule has 0 saturated heterocycles. The number of benzene rings is 1. The molecule has 0 aliphatic heterocycles. The molecule has 0 aromatic heterocycles. The van der Waals surface area contributed by atoms with Crippen molar-refractivity contribution in [3.05, 3.63) is 23.8 Å². The Morgan fingerprint density at radius 1 is 1.50 bits per heavy atom. The fraction of sp³-hybridized carbons (Fsp3) is 0.222. The fourth-order valence-corrected chi connectivity index (χ4v) is 0.977. The Kier molecular flexibility index (Phi) is 2.33. The van der Waals surface area contributed by atoms with Crippen LogP contribution in [0, 0.1) is 6.92 Å². The van der Waals surface area contributed by atoms with E-state index in [1.807, 2.05) is 0 Å². The molecule has 0 heterocycles. The number of aryl methyl sites for hydroxylation is 1. The van der Waals surface area contributed by atoms with Crippen molar-refractivity contribution in [1.82, 2.24) is 0 Å². The van der Waals surface area contributed by atoms with Crippen LogP contribution in [0.4, 0.5) is 5.69 Å². The van der Waals surface area contributed by atoms with Crippen LogP contribution < -0.4 is 10.4 Å². The van der Waals surface area contributed by atoms with E-state index >= 15 is 0 Å². The van der Waals surface area contributed by atoms with Gasteiger partial charge in [-0.25, -0.2) is 0 Å². The monoisotopic (exact) mass is 164 g/mol. The van der Waals surface area contributed by atoms with Crippen molar-refractivity contribution in [2.24, 2.45) is 0 Å². The first-order valence-electron chi connectivity index (χ1n) is 3.65. The van der Waals surface area contributed by atoms with Gasteiger partial charge in [-0.1, -0.05) is 23.9 Å². The second kappa shape index (κ2) is 3.26. The number of carbonyl (C=O) groups is 1. The summed E-state index contributed by atoms with van der Waals surface area (Å²) >= 11 is 0. The zero-order valence-corrected chi connectivity index (χ0v) is 7.05. The van der Waals surface area contributed by atoms with Crippen LogP contribution in [0.5, 0.6) is 5.75 Å². The van der Waals surface area contributed by atoms with E-state index in [1.54, 1.807) is 19.1 Å². The molecule has 1 rings (SSSR count). The molecule has 0 atom stereocenters. The molecule has 3 nitrogen and oxygen atoms in total. The number of para-hydroxylation sites is 1. The molecule has 0 aliphatic rings. The second-order valence-corrected chi connectivity index (χ2v) is 2.63. The van der Waals surface area contributed by atoms with Gasteiger partial charge in [0.25, 0.3) is 0 Å². The van der Waals surface area contributed by atoms with Gasteiger partial charge in [0.1, 0.15) is 0 Å². The van der Waals surface area contributed by atoms with Crippen LogP contribution in [-0.4, -0.2) is 5.91 Å². The topological polar surface area (TPSA) is 52.2 Å². The normalized spacial score (nSPS) is 9.50. The van der Waals surface area contributed by atoms with Gasteiger partial charge in [-0.05, 0) is 12.5 Å². The standard InChI is InChI=1S/C9H11NO2/c1-6-4-3-5-8(12)9(6)10-7(2)11/h3-5,12H,1-2H3,(H,10,11)/p-1. The molecule has 0 aliphatic carbocycles. The smallest absolute Gasteiger partial charge is 0.221 e.